The Morgan fingerprint density at radius 2 is 0.500 bits per heavy atom. The predicted octanol–water partition coefficient (Wildman–Crippen LogP) is -0.980. The van der Waals surface area contributed by atoms with Gasteiger partial charge in [-0.1, -0.05) is 0 Å². The molecule has 0 radical (unpaired) electrons. The van der Waals surface area contributed by atoms with E-state index in [-0.39, 0.29) is 131 Å². The second-order valence-corrected chi connectivity index (χ2v) is 0. The first kappa shape index (κ1) is 113. The van der Waals surface area contributed by atoms with E-state index >= 15 is 0 Å². The quantitative estimate of drug-likeness (QED) is 0.388. The van der Waals surface area contributed by atoms with Crippen molar-refractivity contribution in [3.8, 4) is 0 Å². The van der Waals surface area contributed by atoms with E-state index in [2.05, 4.69) is 0 Å². The molecule has 0 saturated carbocycles. The van der Waals surface area contributed by atoms with Gasteiger partial charge in [-0.3, -0.25) is 0 Å². The summed E-state index contributed by atoms with van der Waals surface area (Å²) in [6.45, 7) is 0. The van der Waals surface area contributed by atoms with Gasteiger partial charge in [0.1, 0.15) is 0 Å². The topological polar surface area (TPSA) is 142 Å². The van der Waals surface area contributed by atoms with E-state index in [1.54, 1.807) is 0 Å². The Hall–Kier alpha value is 3.22. The Morgan fingerprint density at radius 1 is 0.500 bits per heavy atom. The van der Waals surface area contributed by atoms with Crippen LogP contribution in [0.2, 0.25) is 0 Å². The Labute approximate surface area is 128 Å². The van der Waals surface area contributed by atoms with Crippen LogP contribution in [0.25, 0.3) is 0 Å². The fourth-order valence-corrected chi connectivity index (χ4v) is 0. The molecule has 0 aromatic rings. The van der Waals surface area contributed by atoms with Gasteiger partial charge in [-0.15, -0.1) is 0 Å². The molecule has 40 valence electrons. The van der Waals surface area contributed by atoms with Crippen molar-refractivity contribution >= 4 is 48.9 Å². The van der Waals surface area contributed by atoms with Crippen molar-refractivity contribution in [1.29, 1.82) is 0 Å². The molecule has 0 bridgehead atoms. The van der Waals surface area contributed by atoms with Gasteiger partial charge in [-0.05, 0) is 0 Å². The van der Waals surface area contributed by atoms with Crippen LogP contribution in [0.4, 0.5) is 0 Å². The summed E-state index contributed by atoms with van der Waals surface area (Å²) in [5.41, 5.74) is 0. The minimum atomic E-state index is 0. The molecule has 0 aromatic carbocycles. The summed E-state index contributed by atoms with van der Waals surface area (Å²) in [5.74, 6) is 0. The van der Waals surface area contributed by atoms with Crippen LogP contribution in [-0.2, 0) is 82.5 Å². The molecule has 0 spiro atoms. The fraction of sp³-hybridized carbons (Fsp3) is 0. The van der Waals surface area contributed by atoms with E-state index in [0.717, 1.165) is 0 Å². The van der Waals surface area contributed by atoms with Gasteiger partial charge in [-0.25, -0.2) is 0 Å². The van der Waals surface area contributed by atoms with Gasteiger partial charge >= 0.3 is 104 Å². The zero-order valence-electron chi connectivity index (χ0n) is 3.77. The number of hydrogen-bond donors (Lipinski definition) is 0. The predicted molar refractivity (Wildman–Crippen MR) is 9.19 cm³/mol. The van der Waals surface area contributed by atoms with Gasteiger partial charge < -0.3 is 27.4 Å². The molecule has 0 atom stereocenters. The Morgan fingerprint density at radius 3 is 0.500 bits per heavy atom. The summed E-state index contributed by atoms with van der Waals surface area (Å²) in [4.78, 5) is 0. The number of rotatable bonds is 0. The van der Waals surface area contributed by atoms with E-state index in [1.807, 2.05) is 0 Å². The summed E-state index contributed by atoms with van der Waals surface area (Å²) in [6.07, 6.45) is 0. The van der Waals surface area contributed by atoms with Gasteiger partial charge in [0, 0.05) is 0 Å². The second kappa shape index (κ2) is 83.9. The van der Waals surface area contributed by atoms with Gasteiger partial charge in [0.2, 0.25) is 0 Å². The molecule has 0 N–H and O–H groups in total. The summed E-state index contributed by atoms with van der Waals surface area (Å²) in [7, 11) is 0. The monoisotopic (exact) mass is 488 g/mol. The summed E-state index contributed by atoms with van der Waals surface area (Å²) < 4.78 is 0. The largest absolute Gasteiger partial charge is 5.00 e. The van der Waals surface area contributed by atoms with Crippen molar-refractivity contribution in [2.24, 2.45) is 0 Å². The molecule has 0 unspecified atom stereocenters. The zero-order chi connectivity index (χ0) is 0. The average Bonchev–Trinajstić information content (AvgIpc) is 0. The molecule has 0 aromatic heterocycles. The minimum Gasteiger partial charge on any atom is -2.00 e. The van der Waals surface area contributed by atoms with Gasteiger partial charge in [-0.2, -0.15) is 0 Å². The Bertz CT molecular complexity index is 12.4. The Kier molecular flexibility index (Phi) is 1190. The maximum absolute atomic E-state index is 0. The third-order valence-corrected chi connectivity index (χ3v) is 0. The molecular formula is BaO5TaY. The SMILES string of the molecule is [Ba+2].[O-2].[O-2].[O-2].[O-2].[O-2].[Ta+5].[Y+3]. The molecule has 0 amide bonds. The maximum atomic E-state index is 0. The summed E-state index contributed by atoms with van der Waals surface area (Å²) >= 11 is 0. The smallest absolute Gasteiger partial charge is 2.00 e. The van der Waals surface area contributed by atoms with Crippen LogP contribution in [0, 0.1) is 0 Å². The van der Waals surface area contributed by atoms with E-state index in [4.69, 9.17) is 0 Å². The molecule has 0 rings (SSSR count). The molecule has 0 fully saturated rings. The summed E-state index contributed by atoms with van der Waals surface area (Å²) in [6, 6.07) is 0. The molecule has 8 heteroatoms. The van der Waals surface area contributed by atoms with Crippen LogP contribution in [0.15, 0.2) is 0 Å². The van der Waals surface area contributed by atoms with Gasteiger partial charge in [0.15, 0.2) is 0 Å². The van der Waals surface area contributed by atoms with Crippen molar-refractivity contribution in [2.45, 2.75) is 0 Å². The first-order valence-corrected chi connectivity index (χ1v) is 0. The first-order chi connectivity index (χ1) is 0. The maximum Gasteiger partial charge on any atom is 5.00 e. The molecule has 0 saturated heterocycles. The van der Waals surface area contributed by atoms with Crippen molar-refractivity contribution in [3.63, 3.8) is 0 Å². The van der Waals surface area contributed by atoms with Crippen LogP contribution in [0.5, 0.6) is 0 Å². The molecule has 0 aliphatic heterocycles. The van der Waals surface area contributed by atoms with Crippen molar-refractivity contribution in [2.75, 3.05) is 0 Å². The van der Waals surface area contributed by atoms with Crippen LogP contribution in [0.1, 0.15) is 0 Å². The minimum absolute atomic E-state index is 0. The molecule has 0 aliphatic carbocycles. The van der Waals surface area contributed by atoms with Crippen molar-refractivity contribution in [1.82, 2.24) is 0 Å². The van der Waals surface area contributed by atoms with Crippen LogP contribution < -0.4 is 0 Å². The van der Waals surface area contributed by atoms with Crippen LogP contribution in [-0.4, -0.2) is 48.9 Å². The average molecular weight is 487 g/mol. The van der Waals surface area contributed by atoms with Crippen molar-refractivity contribution < 1.29 is 82.5 Å². The van der Waals surface area contributed by atoms with E-state index < -0.39 is 0 Å². The van der Waals surface area contributed by atoms with E-state index in [9.17, 15) is 0 Å². The third-order valence-electron chi connectivity index (χ3n) is 0. The molecule has 8 heavy (non-hydrogen) atoms. The van der Waals surface area contributed by atoms with Crippen molar-refractivity contribution in [3.05, 3.63) is 0 Å². The molecule has 5 nitrogen and oxygen atoms in total. The molecule has 0 heterocycles. The molecule has 0 aliphatic rings. The number of hydrogen-bond acceptors (Lipinski definition) is 0. The second-order valence-electron chi connectivity index (χ2n) is 0. The first-order valence-electron chi connectivity index (χ1n) is 0. The van der Waals surface area contributed by atoms with Crippen LogP contribution in [0.3, 0.4) is 0 Å². The summed E-state index contributed by atoms with van der Waals surface area (Å²) in [5, 5.41) is 0. The van der Waals surface area contributed by atoms with E-state index in [0.29, 0.717) is 0 Å². The Balaban J connectivity index is 0. The third kappa shape index (κ3) is 60.2. The van der Waals surface area contributed by atoms with E-state index in [1.165, 1.54) is 0 Å². The van der Waals surface area contributed by atoms with Gasteiger partial charge in [0.05, 0.1) is 0 Å². The normalized spacial score (nSPS) is 0. The standard InChI is InChI=1S/Ba.5O.Ta.Y/q+2;5*-2;+5;+3. The van der Waals surface area contributed by atoms with Gasteiger partial charge in [0.25, 0.3) is 0 Å². The fourth-order valence-electron chi connectivity index (χ4n) is 0. The zero-order valence-corrected chi connectivity index (χ0v) is 14.3. The van der Waals surface area contributed by atoms with Crippen LogP contribution >= 0.6 is 0 Å². The molecular weight excluding hydrogens is 487 g/mol.